The Hall–Kier alpha value is 0.1000. The van der Waals surface area contributed by atoms with Crippen molar-refractivity contribution in [3.63, 3.8) is 0 Å². The van der Waals surface area contributed by atoms with E-state index in [-0.39, 0.29) is 6.10 Å². The second-order valence-electron chi connectivity index (χ2n) is 4.38. The molecule has 1 aromatic heterocycles. The van der Waals surface area contributed by atoms with E-state index in [0.717, 1.165) is 21.6 Å². The quantitative estimate of drug-likeness (QED) is 0.873. The van der Waals surface area contributed by atoms with Gasteiger partial charge < -0.3 is 10.4 Å². The monoisotopic (exact) mass is 303 g/mol. The minimum Gasteiger partial charge on any atom is -0.388 e. The number of rotatable bonds is 5. The smallest absolute Gasteiger partial charge is 0.0894 e. The molecule has 0 amide bonds. The fourth-order valence-corrected chi connectivity index (χ4v) is 3.65. The topological polar surface area (TPSA) is 32.3 Å². The van der Waals surface area contributed by atoms with Crippen LogP contribution in [0.5, 0.6) is 0 Å². The van der Waals surface area contributed by atoms with Gasteiger partial charge in [0.05, 0.1) is 9.89 Å². The molecule has 0 aromatic carbocycles. The minimum atomic E-state index is -0.315. The molecule has 4 heteroatoms. The molecule has 2 N–H and O–H groups in total. The van der Waals surface area contributed by atoms with Crippen LogP contribution in [0.2, 0.25) is 0 Å². The Morgan fingerprint density at radius 1 is 1.44 bits per heavy atom. The molecule has 1 unspecified atom stereocenters. The molecule has 2 nitrogen and oxygen atoms in total. The third-order valence-electron chi connectivity index (χ3n) is 3.13. The van der Waals surface area contributed by atoms with Gasteiger partial charge in [-0.25, -0.2) is 0 Å². The largest absolute Gasteiger partial charge is 0.388 e. The zero-order chi connectivity index (χ0) is 11.4. The second-order valence-corrected chi connectivity index (χ2v) is 6.88. The Kier molecular flexibility index (Phi) is 4.82. The number of thiophene rings is 1. The van der Waals surface area contributed by atoms with Crippen LogP contribution in [0, 0.1) is 0 Å². The lowest BCUT2D eigenvalue weighted by molar-refractivity contribution is 0.169. The zero-order valence-corrected chi connectivity index (χ0v) is 11.7. The molecule has 1 atom stereocenters. The summed E-state index contributed by atoms with van der Waals surface area (Å²) in [5.41, 5.74) is 0. The van der Waals surface area contributed by atoms with Crippen molar-refractivity contribution in [2.45, 2.75) is 44.2 Å². The van der Waals surface area contributed by atoms with E-state index in [1.54, 1.807) is 11.3 Å². The number of hydrogen-bond acceptors (Lipinski definition) is 3. The maximum Gasteiger partial charge on any atom is 0.0894 e. The summed E-state index contributed by atoms with van der Waals surface area (Å²) in [4.78, 5) is 1.06. The third-order valence-corrected chi connectivity index (χ3v) is 4.85. The average molecular weight is 304 g/mol. The molecular weight excluding hydrogens is 286 g/mol. The first-order chi connectivity index (χ1) is 7.75. The first-order valence-corrected chi connectivity index (χ1v) is 7.53. The lowest BCUT2D eigenvalue weighted by Crippen LogP contribution is -2.27. The van der Waals surface area contributed by atoms with Gasteiger partial charge in [-0.3, -0.25) is 0 Å². The van der Waals surface area contributed by atoms with Crippen molar-refractivity contribution >= 4 is 27.3 Å². The van der Waals surface area contributed by atoms with Gasteiger partial charge in [0, 0.05) is 10.9 Å². The molecular formula is C12H18BrNOS. The molecule has 0 aliphatic heterocycles. The highest BCUT2D eigenvalue weighted by atomic mass is 79.9. The zero-order valence-electron chi connectivity index (χ0n) is 9.29. The molecule has 2 rings (SSSR count). The Bertz CT molecular complexity index is 323. The first kappa shape index (κ1) is 12.6. The predicted octanol–water partition coefficient (Wildman–Crippen LogP) is 3.47. The van der Waals surface area contributed by atoms with E-state index < -0.39 is 0 Å². The van der Waals surface area contributed by atoms with E-state index in [1.807, 2.05) is 12.1 Å². The van der Waals surface area contributed by atoms with E-state index in [9.17, 15) is 5.11 Å². The summed E-state index contributed by atoms with van der Waals surface area (Å²) in [6.07, 6.45) is 5.83. The molecule has 1 aliphatic carbocycles. The van der Waals surface area contributed by atoms with E-state index in [1.165, 1.54) is 25.7 Å². The summed E-state index contributed by atoms with van der Waals surface area (Å²) in [7, 11) is 0. The molecule has 1 aliphatic rings. The summed E-state index contributed by atoms with van der Waals surface area (Å²) < 4.78 is 1.09. The number of aliphatic hydroxyl groups excluding tert-OH is 1. The van der Waals surface area contributed by atoms with Crippen LogP contribution in [0.25, 0.3) is 0 Å². The molecule has 0 saturated heterocycles. The van der Waals surface area contributed by atoms with Crippen LogP contribution < -0.4 is 5.32 Å². The van der Waals surface area contributed by atoms with Crippen molar-refractivity contribution in [2.75, 3.05) is 6.54 Å². The van der Waals surface area contributed by atoms with Crippen LogP contribution in [0.15, 0.2) is 15.9 Å². The van der Waals surface area contributed by atoms with Gasteiger partial charge in [0.2, 0.25) is 0 Å². The van der Waals surface area contributed by atoms with Gasteiger partial charge in [-0.2, -0.15) is 0 Å². The Morgan fingerprint density at radius 3 is 2.81 bits per heavy atom. The predicted molar refractivity (Wildman–Crippen MR) is 71.9 cm³/mol. The van der Waals surface area contributed by atoms with Crippen LogP contribution in [-0.4, -0.2) is 17.7 Å². The van der Waals surface area contributed by atoms with Crippen molar-refractivity contribution in [3.05, 3.63) is 20.8 Å². The lowest BCUT2D eigenvalue weighted by atomic mass is 10.2. The highest BCUT2D eigenvalue weighted by Gasteiger charge is 2.15. The summed E-state index contributed by atoms with van der Waals surface area (Å²) >= 11 is 5.03. The van der Waals surface area contributed by atoms with Crippen molar-refractivity contribution in [2.24, 2.45) is 0 Å². The van der Waals surface area contributed by atoms with Gasteiger partial charge in [0.15, 0.2) is 0 Å². The molecule has 0 spiro atoms. The maximum atomic E-state index is 9.96. The third kappa shape index (κ3) is 3.55. The fourth-order valence-electron chi connectivity index (χ4n) is 2.20. The molecule has 0 bridgehead atoms. The maximum absolute atomic E-state index is 9.96. The standard InChI is InChI=1S/C12H18BrNOS/c13-12-6-5-11(16-12)10(15)7-8-14-9-3-1-2-4-9/h5-6,9-10,14-15H,1-4,7-8H2. The van der Waals surface area contributed by atoms with Gasteiger partial charge in [0.25, 0.3) is 0 Å². The molecule has 90 valence electrons. The highest BCUT2D eigenvalue weighted by Crippen LogP contribution is 2.28. The van der Waals surface area contributed by atoms with Gasteiger partial charge in [0.1, 0.15) is 0 Å². The van der Waals surface area contributed by atoms with Crippen LogP contribution in [-0.2, 0) is 0 Å². The van der Waals surface area contributed by atoms with Gasteiger partial charge >= 0.3 is 0 Å². The summed E-state index contributed by atoms with van der Waals surface area (Å²) in [6, 6.07) is 4.69. The van der Waals surface area contributed by atoms with Gasteiger partial charge in [-0.1, -0.05) is 12.8 Å². The molecule has 1 saturated carbocycles. The van der Waals surface area contributed by atoms with Crippen molar-refractivity contribution in [3.8, 4) is 0 Å². The highest BCUT2D eigenvalue weighted by molar-refractivity contribution is 9.11. The van der Waals surface area contributed by atoms with Crippen LogP contribution in [0.1, 0.15) is 43.1 Å². The summed E-state index contributed by atoms with van der Waals surface area (Å²) in [5.74, 6) is 0. The summed E-state index contributed by atoms with van der Waals surface area (Å²) in [6.45, 7) is 0.918. The van der Waals surface area contributed by atoms with E-state index in [0.29, 0.717) is 6.04 Å². The molecule has 0 radical (unpaired) electrons. The second kappa shape index (κ2) is 6.15. The minimum absolute atomic E-state index is 0.315. The number of hydrogen-bond donors (Lipinski definition) is 2. The van der Waals surface area contributed by atoms with Gasteiger partial charge in [-0.15, -0.1) is 11.3 Å². The lowest BCUT2D eigenvalue weighted by Gasteiger charge is -2.13. The van der Waals surface area contributed by atoms with Crippen molar-refractivity contribution < 1.29 is 5.11 Å². The van der Waals surface area contributed by atoms with Crippen molar-refractivity contribution in [1.82, 2.24) is 5.32 Å². The molecule has 1 heterocycles. The summed E-state index contributed by atoms with van der Waals surface area (Å²) in [5, 5.41) is 13.5. The van der Waals surface area contributed by atoms with Crippen molar-refractivity contribution in [1.29, 1.82) is 0 Å². The average Bonchev–Trinajstić information content (AvgIpc) is 2.89. The van der Waals surface area contributed by atoms with E-state index >= 15 is 0 Å². The Labute approximate surface area is 109 Å². The van der Waals surface area contributed by atoms with E-state index in [2.05, 4.69) is 21.2 Å². The Balaban J connectivity index is 1.69. The SMILES string of the molecule is OC(CCNC1CCCC1)c1ccc(Br)s1. The number of halogens is 1. The molecule has 16 heavy (non-hydrogen) atoms. The number of nitrogens with one attached hydrogen (secondary N) is 1. The molecule has 1 aromatic rings. The Morgan fingerprint density at radius 2 is 2.19 bits per heavy atom. The first-order valence-electron chi connectivity index (χ1n) is 5.92. The molecule has 1 fully saturated rings. The van der Waals surface area contributed by atoms with Crippen LogP contribution >= 0.6 is 27.3 Å². The van der Waals surface area contributed by atoms with E-state index in [4.69, 9.17) is 0 Å². The van der Waals surface area contributed by atoms with Gasteiger partial charge in [-0.05, 0) is 53.9 Å². The fraction of sp³-hybridized carbons (Fsp3) is 0.667. The van der Waals surface area contributed by atoms with Crippen LogP contribution in [0.4, 0.5) is 0 Å². The number of aliphatic hydroxyl groups is 1. The normalized spacial score (nSPS) is 19.1. The van der Waals surface area contributed by atoms with Crippen LogP contribution in [0.3, 0.4) is 0 Å².